The monoisotopic (exact) mass is 471 g/mol. The molecule has 3 rings (SSSR count). The van der Waals surface area contributed by atoms with Gasteiger partial charge in [0.2, 0.25) is 0 Å². The average molecular weight is 472 g/mol. The zero-order chi connectivity index (χ0) is 25.0. The minimum atomic E-state index is -0.913. The predicted molar refractivity (Wildman–Crippen MR) is 134 cm³/mol. The van der Waals surface area contributed by atoms with Crippen LogP contribution in [0.2, 0.25) is 0 Å². The minimum Gasteiger partial charge on any atom is -0.493 e. The number of rotatable bonds is 8. The third kappa shape index (κ3) is 7.68. The first-order chi connectivity index (χ1) is 17.0. The van der Waals surface area contributed by atoms with Crippen LogP contribution in [-0.2, 0) is 20.8 Å². The van der Waals surface area contributed by atoms with Gasteiger partial charge in [-0.3, -0.25) is 9.59 Å². The molecule has 3 aromatic rings. The number of anilines is 1. The highest BCUT2D eigenvalue weighted by Crippen LogP contribution is 2.27. The molecule has 0 aliphatic heterocycles. The van der Waals surface area contributed by atoms with E-state index in [0.717, 1.165) is 17.5 Å². The largest absolute Gasteiger partial charge is 0.493 e. The third-order valence-corrected chi connectivity index (χ3v) is 4.82. The van der Waals surface area contributed by atoms with E-state index in [1.54, 1.807) is 36.4 Å². The van der Waals surface area contributed by atoms with Gasteiger partial charge in [0.05, 0.1) is 13.3 Å². The number of carbonyl (C=O) groups excluding carboxylic acids is 3. The van der Waals surface area contributed by atoms with Crippen LogP contribution in [-0.4, -0.2) is 31.1 Å². The fourth-order valence-corrected chi connectivity index (χ4v) is 2.95. The Morgan fingerprint density at radius 2 is 1.63 bits per heavy atom. The van der Waals surface area contributed by atoms with Gasteiger partial charge in [-0.05, 0) is 59.5 Å². The van der Waals surface area contributed by atoms with E-state index in [-0.39, 0.29) is 5.75 Å². The highest BCUT2D eigenvalue weighted by molar-refractivity contribution is 6.39. The van der Waals surface area contributed by atoms with Crippen molar-refractivity contribution in [2.45, 2.75) is 13.3 Å². The second kappa shape index (κ2) is 12.5. The number of amides is 2. The molecule has 2 amide bonds. The van der Waals surface area contributed by atoms with E-state index in [1.807, 2.05) is 49.4 Å². The van der Waals surface area contributed by atoms with Crippen molar-refractivity contribution in [2.24, 2.45) is 5.10 Å². The quantitative estimate of drug-likeness (QED) is 0.129. The van der Waals surface area contributed by atoms with Crippen LogP contribution in [0.15, 0.2) is 84.0 Å². The summed E-state index contributed by atoms with van der Waals surface area (Å²) in [6.45, 7) is 2.03. The maximum absolute atomic E-state index is 12.1. The Morgan fingerprint density at radius 3 is 2.31 bits per heavy atom. The summed E-state index contributed by atoms with van der Waals surface area (Å²) < 4.78 is 10.6. The first-order valence-electron chi connectivity index (χ1n) is 10.8. The number of carbonyl (C=O) groups is 3. The van der Waals surface area contributed by atoms with Gasteiger partial charge in [-0.25, -0.2) is 10.2 Å². The lowest BCUT2D eigenvalue weighted by Gasteiger charge is -2.08. The van der Waals surface area contributed by atoms with Crippen LogP contribution in [0.1, 0.15) is 23.6 Å². The average Bonchev–Trinajstić information content (AvgIpc) is 2.89. The molecule has 0 saturated heterocycles. The Hall–Kier alpha value is -4.72. The molecule has 0 aromatic heterocycles. The SMILES string of the molecule is CCc1ccc(NC(=O)C(=O)N/N=C\c2ccc(OC(=O)/C=C/c3ccccc3)c(OC)c2)cc1. The molecule has 0 bridgehead atoms. The molecule has 35 heavy (non-hydrogen) atoms. The van der Waals surface area contributed by atoms with Crippen LogP contribution in [0, 0.1) is 0 Å². The summed E-state index contributed by atoms with van der Waals surface area (Å²) in [5.74, 6) is -1.78. The second-order valence-corrected chi connectivity index (χ2v) is 7.28. The van der Waals surface area contributed by atoms with E-state index < -0.39 is 17.8 Å². The molecule has 0 spiro atoms. The second-order valence-electron chi connectivity index (χ2n) is 7.28. The maximum atomic E-state index is 12.1. The lowest BCUT2D eigenvalue weighted by Crippen LogP contribution is -2.32. The van der Waals surface area contributed by atoms with Crippen LogP contribution < -0.4 is 20.2 Å². The summed E-state index contributed by atoms with van der Waals surface area (Å²) in [7, 11) is 1.44. The normalized spacial score (nSPS) is 10.8. The number of hydrogen-bond acceptors (Lipinski definition) is 6. The summed E-state index contributed by atoms with van der Waals surface area (Å²) in [6.07, 6.45) is 5.19. The summed E-state index contributed by atoms with van der Waals surface area (Å²) in [5.41, 5.74) is 5.23. The van der Waals surface area contributed by atoms with Gasteiger partial charge in [-0.1, -0.05) is 49.4 Å². The fraction of sp³-hybridized carbons (Fsp3) is 0.111. The molecule has 0 radical (unpaired) electrons. The molecule has 8 nitrogen and oxygen atoms in total. The summed E-state index contributed by atoms with van der Waals surface area (Å²) >= 11 is 0. The molecular formula is C27H25N3O5. The molecule has 0 atom stereocenters. The van der Waals surface area contributed by atoms with Gasteiger partial charge in [-0.2, -0.15) is 5.10 Å². The predicted octanol–water partition coefficient (Wildman–Crippen LogP) is 3.97. The van der Waals surface area contributed by atoms with Gasteiger partial charge in [0.1, 0.15) is 0 Å². The molecule has 2 N–H and O–H groups in total. The molecule has 0 heterocycles. The first-order valence-corrected chi connectivity index (χ1v) is 10.8. The van der Waals surface area contributed by atoms with Crippen molar-refractivity contribution in [3.8, 4) is 11.5 Å². The molecule has 0 saturated carbocycles. The highest BCUT2D eigenvalue weighted by atomic mass is 16.6. The number of ether oxygens (including phenoxy) is 2. The fourth-order valence-electron chi connectivity index (χ4n) is 2.95. The number of aryl methyl sites for hydroxylation is 1. The number of nitrogens with zero attached hydrogens (tertiary/aromatic N) is 1. The topological polar surface area (TPSA) is 106 Å². The highest BCUT2D eigenvalue weighted by Gasteiger charge is 2.13. The number of hydrazone groups is 1. The lowest BCUT2D eigenvalue weighted by atomic mass is 10.1. The minimum absolute atomic E-state index is 0.227. The van der Waals surface area contributed by atoms with E-state index in [4.69, 9.17) is 9.47 Å². The van der Waals surface area contributed by atoms with Crippen molar-refractivity contribution in [3.63, 3.8) is 0 Å². The number of hydrogen-bond donors (Lipinski definition) is 2. The van der Waals surface area contributed by atoms with E-state index >= 15 is 0 Å². The van der Waals surface area contributed by atoms with Crippen molar-refractivity contribution >= 4 is 35.8 Å². The molecule has 0 aliphatic carbocycles. The number of benzene rings is 3. The van der Waals surface area contributed by atoms with Gasteiger partial charge < -0.3 is 14.8 Å². The summed E-state index contributed by atoms with van der Waals surface area (Å²) in [5, 5.41) is 6.31. The molecule has 0 fully saturated rings. The van der Waals surface area contributed by atoms with Gasteiger partial charge in [0, 0.05) is 11.8 Å². The van der Waals surface area contributed by atoms with Crippen LogP contribution in [0.4, 0.5) is 5.69 Å². The van der Waals surface area contributed by atoms with Crippen molar-refractivity contribution in [2.75, 3.05) is 12.4 Å². The van der Waals surface area contributed by atoms with Crippen molar-refractivity contribution in [3.05, 3.63) is 95.6 Å². The van der Waals surface area contributed by atoms with Crippen molar-refractivity contribution in [1.82, 2.24) is 5.43 Å². The standard InChI is InChI=1S/C27H25N3O5/c1-3-19-9-13-22(14-10-19)29-26(32)27(33)30-28-18-21-11-15-23(24(17-21)34-2)35-25(31)16-12-20-7-5-4-6-8-20/h4-18H,3H2,1-2H3,(H,29,32)(H,30,33)/b16-12+,28-18-. The molecule has 8 heteroatoms. The Kier molecular flexibility index (Phi) is 8.90. The smallest absolute Gasteiger partial charge is 0.336 e. The molecule has 0 aliphatic rings. The van der Waals surface area contributed by atoms with E-state index in [1.165, 1.54) is 19.4 Å². The maximum Gasteiger partial charge on any atom is 0.336 e. The summed E-state index contributed by atoms with van der Waals surface area (Å²) in [4.78, 5) is 36.2. The Labute approximate surface area is 203 Å². The Bertz CT molecular complexity index is 1240. The van der Waals surface area contributed by atoms with Crippen LogP contribution in [0.3, 0.4) is 0 Å². The summed E-state index contributed by atoms with van der Waals surface area (Å²) in [6, 6.07) is 21.3. The van der Waals surface area contributed by atoms with Crippen molar-refractivity contribution in [1.29, 1.82) is 0 Å². The van der Waals surface area contributed by atoms with E-state index in [0.29, 0.717) is 17.0 Å². The van der Waals surface area contributed by atoms with Gasteiger partial charge >= 0.3 is 17.8 Å². The van der Waals surface area contributed by atoms with E-state index in [2.05, 4.69) is 15.8 Å². The molecule has 178 valence electrons. The number of esters is 1. The van der Waals surface area contributed by atoms with Crippen LogP contribution in [0.25, 0.3) is 6.08 Å². The zero-order valence-electron chi connectivity index (χ0n) is 19.4. The third-order valence-electron chi connectivity index (χ3n) is 4.82. The molecule has 0 unspecified atom stereocenters. The Morgan fingerprint density at radius 1 is 0.886 bits per heavy atom. The molecular weight excluding hydrogens is 446 g/mol. The van der Waals surface area contributed by atoms with Crippen molar-refractivity contribution < 1.29 is 23.9 Å². The molecule has 3 aromatic carbocycles. The lowest BCUT2D eigenvalue weighted by molar-refractivity contribution is -0.136. The van der Waals surface area contributed by atoms with Gasteiger partial charge in [-0.15, -0.1) is 0 Å². The zero-order valence-corrected chi connectivity index (χ0v) is 19.4. The first kappa shape index (κ1) is 24.9. The number of methoxy groups -OCH3 is 1. The number of nitrogens with one attached hydrogen (secondary N) is 2. The van der Waals surface area contributed by atoms with Gasteiger partial charge in [0.25, 0.3) is 0 Å². The Balaban J connectivity index is 1.55. The van der Waals surface area contributed by atoms with Gasteiger partial charge in [0.15, 0.2) is 11.5 Å². The van der Waals surface area contributed by atoms with Crippen LogP contribution in [0.5, 0.6) is 11.5 Å². The van der Waals surface area contributed by atoms with E-state index in [9.17, 15) is 14.4 Å². The van der Waals surface area contributed by atoms with Crippen LogP contribution >= 0.6 is 0 Å².